The lowest BCUT2D eigenvalue weighted by molar-refractivity contribution is -0.119. The van der Waals surface area contributed by atoms with Gasteiger partial charge >= 0.3 is 0 Å². The lowest BCUT2D eigenvalue weighted by Gasteiger charge is -2.29. The first-order valence-corrected chi connectivity index (χ1v) is 10.9. The fourth-order valence-corrected chi connectivity index (χ4v) is 4.71. The van der Waals surface area contributed by atoms with E-state index in [1.807, 2.05) is 54.6 Å². The zero-order valence-electron chi connectivity index (χ0n) is 18.1. The van der Waals surface area contributed by atoms with Gasteiger partial charge in [-0.15, -0.1) is 0 Å². The lowest BCUT2D eigenvalue weighted by atomic mass is 9.86. The zero-order valence-corrected chi connectivity index (χ0v) is 18.1. The Kier molecular flexibility index (Phi) is 4.43. The zero-order chi connectivity index (χ0) is 22.5. The molecular formula is C26H21N3O4. The summed E-state index contributed by atoms with van der Waals surface area (Å²) in [5, 5.41) is 8.53. The molecule has 0 bridgehead atoms. The van der Waals surface area contributed by atoms with Gasteiger partial charge in [0.25, 0.3) is 0 Å². The highest BCUT2D eigenvalue weighted by Gasteiger charge is 2.34. The third-order valence-electron chi connectivity index (χ3n) is 6.41. The molecule has 4 aromatic rings. The van der Waals surface area contributed by atoms with Crippen LogP contribution in [0.1, 0.15) is 28.8 Å². The van der Waals surface area contributed by atoms with Crippen molar-refractivity contribution in [3.63, 3.8) is 0 Å². The molecule has 3 aromatic carbocycles. The van der Waals surface area contributed by atoms with Crippen LogP contribution in [0.25, 0.3) is 22.2 Å². The number of methoxy groups -OCH3 is 1. The number of aromatic nitrogens is 1. The number of Topliss-reactive ketones (excluding diaryl/α,β-unsaturated/α-hetero) is 1. The van der Waals surface area contributed by atoms with E-state index >= 15 is 0 Å². The first-order valence-electron chi connectivity index (χ1n) is 10.9. The van der Waals surface area contributed by atoms with Crippen molar-refractivity contribution in [2.45, 2.75) is 12.8 Å². The molecule has 1 aliphatic carbocycles. The maximum Gasteiger partial charge on any atom is 0.196 e. The largest absolute Gasteiger partial charge is 0.497 e. The molecule has 1 aromatic heterocycles. The number of fused-ring (bicyclic) bond motifs is 2. The van der Waals surface area contributed by atoms with Crippen LogP contribution < -0.4 is 15.0 Å². The van der Waals surface area contributed by atoms with E-state index in [9.17, 15) is 9.59 Å². The van der Waals surface area contributed by atoms with E-state index in [0.29, 0.717) is 59.4 Å². The molecular weight excluding hydrogens is 418 g/mol. The van der Waals surface area contributed by atoms with Crippen LogP contribution in [0.4, 0.5) is 17.1 Å². The summed E-state index contributed by atoms with van der Waals surface area (Å²) in [7, 11) is 1.62. The molecule has 7 heteroatoms. The fraction of sp³-hybridized carbons (Fsp3) is 0.192. The molecule has 0 saturated carbocycles. The maximum atomic E-state index is 13.6. The topological polar surface area (TPSA) is 84.7 Å². The molecule has 2 heterocycles. The van der Waals surface area contributed by atoms with Crippen molar-refractivity contribution in [2.75, 3.05) is 30.4 Å². The minimum absolute atomic E-state index is 0.0670. The van der Waals surface area contributed by atoms with E-state index in [1.165, 1.54) is 0 Å². The Bertz CT molecular complexity index is 1410. The van der Waals surface area contributed by atoms with Gasteiger partial charge in [0.2, 0.25) is 0 Å². The molecule has 0 radical (unpaired) electrons. The molecule has 0 spiro atoms. The second-order valence-electron chi connectivity index (χ2n) is 8.31. The highest BCUT2D eigenvalue weighted by atomic mass is 16.5. The van der Waals surface area contributed by atoms with Gasteiger partial charge in [0.1, 0.15) is 17.0 Å². The highest BCUT2D eigenvalue weighted by molar-refractivity contribution is 6.28. The molecule has 1 N–H and O–H groups in total. The second-order valence-corrected chi connectivity index (χ2v) is 8.31. The van der Waals surface area contributed by atoms with Gasteiger partial charge in [0.15, 0.2) is 11.5 Å². The van der Waals surface area contributed by atoms with Gasteiger partial charge in [-0.3, -0.25) is 9.59 Å². The smallest absolute Gasteiger partial charge is 0.196 e. The quantitative estimate of drug-likeness (QED) is 0.424. The summed E-state index contributed by atoms with van der Waals surface area (Å²) < 4.78 is 11.1. The Labute approximate surface area is 189 Å². The van der Waals surface area contributed by atoms with Crippen LogP contribution in [0.3, 0.4) is 0 Å². The van der Waals surface area contributed by atoms with Gasteiger partial charge in [0, 0.05) is 42.7 Å². The van der Waals surface area contributed by atoms with Crippen molar-refractivity contribution in [3.8, 4) is 17.1 Å². The van der Waals surface area contributed by atoms with Gasteiger partial charge < -0.3 is 19.5 Å². The molecule has 2 aliphatic rings. The van der Waals surface area contributed by atoms with Crippen LogP contribution in [-0.2, 0) is 4.79 Å². The van der Waals surface area contributed by atoms with Crippen molar-refractivity contribution in [1.29, 1.82) is 0 Å². The van der Waals surface area contributed by atoms with E-state index in [4.69, 9.17) is 9.26 Å². The Morgan fingerprint density at radius 3 is 2.45 bits per heavy atom. The number of hydrogen-bond acceptors (Lipinski definition) is 7. The maximum absolute atomic E-state index is 13.6. The molecule has 1 fully saturated rings. The average Bonchev–Trinajstić information content (AvgIpc) is 3.29. The van der Waals surface area contributed by atoms with Crippen LogP contribution in [0.15, 0.2) is 59.1 Å². The molecule has 0 amide bonds. The Hall–Kier alpha value is -4.13. The minimum atomic E-state index is -0.0670. The van der Waals surface area contributed by atoms with Gasteiger partial charge in [-0.2, -0.15) is 0 Å². The van der Waals surface area contributed by atoms with Gasteiger partial charge in [0.05, 0.1) is 29.4 Å². The first-order chi connectivity index (χ1) is 16.1. The predicted octanol–water partition coefficient (Wildman–Crippen LogP) is 4.96. The van der Waals surface area contributed by atoms with Gasteiger partial charge in [-0.05, 0) is 30.3 Å². The molecule has 6 rings (SSSR count). The van der Waals surface area contributed by atoms with Crippen LogP contribution in [-0.4, -0.2) is 36.9 Å². The number of carbonyl (C=O) groups excluding carboxylic acids is 2. The number of rotatable bonds is 4. The normalized spacial score (nSPS) is 15.0. The molecule has 7 nitrogen and oxygen atoms in total. The number of benzene rings is 3. The summed E-state index contributed by atoms with van der Waals surface area (Å²) >= 11 is 0. The summed E-state index contributed by atoms with van der Waals surface area (Å²) in [6.07, 6.45) is 0.994. The number of ketones is 2. The number of ether oxygens (including phenoxy) is 1. The summed E-state index contributed by atoms with van der Waals surface area (Å²) in [5.74, 6) is 1.55. The SMILES string of the molecule is COc1ccc(Nc2cc(N3CCC(=O)CC3)c3noc4c3c2C(=O)c2ccccc2-4)cc1. The van der Waals surface area contributed by atoms with E-state index in [2.05, 4.69) is 15.4 Å². The minimum Gasteiger partial charge on any atom is -0.497 e. The predicted molar refractivity (Wildman–Crippen MR) is 126 cm³/mol. The highest BCUT2D eigenvalue weighted by Crippen LogP contribution is 2.46. The second kappa shape index (κ2) is 7.48. The molecule has 0 unspecified atom stereocenters. The Morgan fingerprint density at radius 2 is 1.73 bits per heavy atom. The van der Waals surface area contributed by atoms with Gasteiger partial charge in [-0.1, -0.05) is 29.4 Å². The summed E-state index contributed by atoms with van der Waals surface area (Å²) in [6, 6.07) is 16.9. The van der Waals surface area contributed by atoms with E-state index in [1.54, 1.807) is 7.11 Å². The van der Waals surface area contributed by atoms with E-state index < -0.39 is 0 Å². The van der Waals surface area contributed by atoms with Crippen molar-refractivity contribution < 1.29 is 18.8 Å². The lowest BCUT2D eigenvalue weighted by Crippen LogP contribution is -2.34. The number of piperidine rings is 1. The summed E-state index contributed by atoms with van der Waals surface area (Å²) in [4.78, 5) is 27.6. The van der Waals surface area contributed by atoms with Crippen LogP contribution in [0.5, 0.6) is 5.75 Å². The van der Waals surface area contributed by atoms with Crippen LogP contribution in [0, 0.1) is 0 Å². The third-order valence-corrected chi connectivity index (χ3v) is 6.41. The molecule has 164 valence electrons. The van der Waals surface area contributed by atoms with Crippen LogP contribution in [0.2, 0.25) is 0 Å². The van der Waals surface area contributed by atoms with Crippen molar-refractivity contribution in [2.24, 2.45) is 0 Å². The number of nitrogens with one attached hydrogen (secondary N) is 1. The fourth-order valence-electron chi connectivity index (χ4n) is 4.71. The standard InChI is InChI=1S/C26H21N3O4/c1-32-17-8-6-15(7-9-17)27-20-14-21(29-12-10-16(30)11-13-29)24-23-22(20)25(31)18-4-2-3-5-19(18)26(23)33-28-24/h2-9,14,27H,10-13H2,1H3. The Balaban J connectivity index is 1.56. The molecule has 33 heavy (non-hydrogen) atoms. The van der Waals surface area contributed by atoms with Crippen LogP contribution >= 0.6 is 0 Å². The Morgan fingerprint density at radius 1 is 1.00 bits per heavy atom. The van der Waals surface area contributed by atoms with E-state index in [-0.39, 0.29) is 11.6 Å². The number of hydrogen-bond donors (Lipinski definition) is 1. The van der Waals surface area contributed by atoms with Crippen molar-refractivity contribution in [1.82, 2.24) is 5.16 Å². The number of nitrogens with zero attached hydrogens (tertiary/aromatic N) is 2. The first kappa shape index (κ1) is 19.5. The van der Waals surface area contributed by atoms with Crippen molar-refractivity contribution >= 4 is 39.5 Å². The van der Waals surface area contributed by atoms with Crippen molar-refractivity contribution in [3.05, 3.63) is 65.7 Å². The number of anilines is 3. The molecule has 1 saturated heterocycles. The monoisotopic (exact) mass is 439 g/mol. The number of carbonyl (C=O) groups is 2. The summed E-state index contributed by atoms with van der Waals surface area (Å²) in [6.45, 7) is 1.23. The summed E-state index contributed by atoms with van der Waals surface area (Å²) in [5.41, 5.74) is 4.92. The molecule has 1 aliphatic heterocycles. The van der Waals surface area contributed by atoms with Gasteiger partial charge in [-0.25, -0.2) is 0 Å². The van der Waals surface area contributed by atoms with E-state index in [0.717, 1.165) is 22.7 Å². The molecule has 0 atom stereocenters. The third kappa shape index (κ3) is 3.08. The average molecular weight is 439 g/mol.